The standard InChI is InChI=1S/C18H13NO5/c1-12(20)16(18(22)14-5-3-2-4-6-14)11-17(21)13-7-9-15(10-8-13)19(23)24/h2-11H,1H3/b16-11-. The van der Waals surface area contributed by atoms with Crippen LogP contribution < -0.4 is 0 Å². The van der Waals surface area contributed by atoms with Crippen molar-refractivity contribution >= 4 is 23.0 Å². The molecule has 120 valence electrons. The fourth-order valence-corrected chi connectivity index (χ4v) is 2.03. The summed E-state index contributed by atoms with van der Waals surface area (Å²) in [5.74, 6) is -1.64. The number of hydrogen-bond acceptors (Lipinski definition) is 5. The highest BCUT2D eigenvalue weighted by molar-refractivity contribution is 6.28. The van der Waals surface area contributed by atoms with Crippen molar-refractivity contribution in [1.29, 1.82) is 0 Å². The molecular formula is C18H13NO5. The molecule has 0 amide bonds. The first-order valence-electron chi connectivity index (χ1n) is 7.01. The summed E-state index contributed by atoms with van der Waals surface area (Å²) < 4.78 is 0. The van der Waals surface area contributed by atoms with Gasteiger partial charge >= 0.3 is 0 Å². The summed E-state index contributed by atoms with van der Waals surface area (Å²) in [6.07, 6.45) is 0.971. The Morgan fingerprint density at radius 2 is 1.50 bits per heavy atom. The van der Waals surface area contributed by atoms with Crippen LogP contribution in [-0.2, 0) is 4.79 Å². The molecule has 0 aromatic heterocycles. The molecular weight excluding hydrogens is 310 g/mol. The highest BCUT2D eigenvalue weighted by atomic mass is 16.6. The molecule has 0 bridgehead atoms. The lowest BCUT2D eigenvalue weighted by molar-refractivity contribution is -0.384. The van der Waals surface area contributed by atoms with Crippen LogP contribution in [0.5, 0.6) is 0 Å². The van der Waals surface area contributed by atoms with Gasteiger partial charge in [0.1, 0.15) is 0 Å². The number of rotatable bonds is 6. The van der Waals surface area contributed by atoms with Gasteiger partial charge in [-0.3, -0.25) is 24.5 Å². The number of ketones is 3. The fraction of sp³-hybridized carbons (Fsp3) is 0.0556. The molecule has 0 spiro atoms. The van der Waals surface area contributed by atoms with Gasteiger partial charge in [0.15, 0.2) is 17.3 Å². The zero-order valence-corrected chi connectivity index (χ0v) is 12.8. The van der Waals surface area contributed by atoms with E-state index in [1.165, 1.54) is 31.2 Å². The van der Waals surface area contributed by atoms with Crippen molar-refractivity contribution in [2.45, 2.75) is 6.92 Å². The Morgan fingerprint density at radius 3 is 2.00 bits per heavy atom. The highest BCUT2D eigenvalue weighted by Crippen LogP contribution is 2.15. The van der Waals surface area contributed by atoms with Crippen LogP contribution in [0.2, 0.25) is 0 Å². The summed E-state index contributed by atoms with van der Waals surface area (Å²) in [7, 11) is 0. The SMILES string of the molecule is CC(=O)/C(=C/C(=O)c1ccc([N+](=O)[O-])cc1)C(=O)c1ccccc1. The van der Waals surface area contributed by atoms with Gasteiger partial charge in [-0.1, -0.05) is 30.3 Å². The topological polar surface area (TPSA) is 94.3 Å². The molecule has 0 aliphatic carbocycles. The monoisotopic (exact) mass is 323 g/mol. The molecule has 0 heterocycles. The Labute approximate surface area is 137 Å². The molecule has 2 rings (SSSR count). The molecule has 0 fully saturated rings. The van der Waals surface area contributed by atoms with Crippen molar-refractivity contribution in [3.8, 4) is 0 Å². The molecule has 0 N–H and O–H groups in total. The van der Waals surface area contributed by atoms with E-state index in [-0.39, 0.29) is 16.8 Å². The van der Waals surface area contributed by atoms with Gasteiger partial charge in [0.2, 0.25) is 0 Å². The van der Waals surface area contributed by atoms with E-state index in [0.29, 0.717) is 5.56 Å². The maximum absolute atomic E-state index is 12.4. The van der Waals surface area contributed by atoms with Crippen LogP contribution in [0.4, 0.5) is 5.69 Å². The van der Waals surface area contributed by atoms with E-state index >= 15 is 0 Å². The number of nitro benzene ring substituents is 1. The van der Waals surface area contributed by atoms with Crippen LogP contribution >= 0.6 is 0 Å². The van der Waals surface area contributed by atoms with Crippen LogP contribution in [0.15, 0.2) is 66.2 Å². The van der Waals surface area contributed by atoms with E-state index in [4.69, 9.17) is 0 Å². The molecule has 6 heteroatoms. The first-order chi connectivity index (χ1) is 11.4. The van der Waals surface area contributed by atoms with Crippen LogP contribution in [0, 0.1) is 10.1 Å². The van der Waals surface area contributed by atoms with Crippen LogP contribution in [0.1, 0.15) is 27.6 Å². The number of non-ortho nitro benzene ring substituents is 1. The minimum Gasteiger partial charge on any atom is -0.294 e. The largest absolute Gasteiger partial charge is 0.294 e. The molecule has 0 aliphatic rings. The van der Waals surface area contributed by atoms with Crippen molar-refractivity contribution in [3.63, 3.8) is 0 Å². The van der Waals surface area contributed by atoms with Crippen molar-refractivity contribution < 1.29 is 19.3 Å². The third-order valence-electron chi connectivity index (χ3n) is 3.30. The van der Waals surface area contributed by atoms with E-state index in [1.807, 2.05) is 0 Å². The zero-order chi connectivity index (χ0) is 17.7. The van der Waals surface area contributed by atoms with Crippen LogP contribution in [-0.4, -0.2) is 22.3 Å². The van der Waals surface area contributed by atoms with E-state index in [9.17, 15) is 24.5 Å². The molecule has 0 saturated carbocycles. The average molecular weight is 323 g/mol. The minimum absolute atomic E-state index is 0.150. The van der Waals surface area contributed by atoms with Crippen LogP contribution in [0.3, 0.4) is 0 Å². The van der Waals surface area contributed by atoms with Crippen molar-refractivity contribution in [2.24, 2.45) is 0 Å². The van der Waals surface area contributed by atoms with E-state index in [1.54, 1.807) is 30.3 Å². The number of benzene rings is 2. The molecule has 0 unspecified atom stereocenters. The summed E-state index contributed by atoms with van der Waals surface area (Å²) in [6, 6.07) is 13.1. The van der Waals surface area contributed by atoms with Gasteiger partial charge in [0.25, 0.3) is 5.69 Å². The molecule has 6 nitrogen and oxygen atoms in total. The van der Waals surface area contributed by atoms with Gasteiger partial charge in [0.05, 0.1) is 10.5 Å². The predicted molar refractivity (Wildman–Crippen MR) is 87.0 cm³/mol. The Bertz CT molecular complexity index is 835. The number of Topliss-reactive ketones (excluding diaryl/α,β-unsaturated/α-hetero) is 2. The second-order valence-electron chi connectivity index (χ2n) is 4.98. The lowest BCUT2D eigenvalue weighted by Gasteiger charge is -2.03. The van der Waals surface area contributed by atoms with Gasteiger partial charge in [-0.15, -0.1) is 0 Å². The quantitative estimate of drug-likeness (QED) is 0.203. The Balaban J connectivity index is 2.33. The second-order valence-corrected chi connectivity index (χ2v) is 4.98. The van der Waals surface area contributed by atoms with Crippen molar-refractivity contribution in [2.75, 3.05) is 0 Å². The molecule has 0 atom stereocenters. The third-order valence-corrected chi connectivity index (χ3v) is 3.30. The number of carbonyl (C=O) groups excluding carboxylic acids is 3. The lowest BCUT2D eigenvalue weighted by Crippen LogP contribution is -2.13. The van der Waals surface area contributed by atoms with E-state index in [0.717, 1.165) is 6.08 Å². The highest BCUT2D eigenvalue weighted by Gasteiger charge is 2.18. The van der Waals surface area contributed by atoms with Gasteiger partial charge in [-0.2, -0.15) is 0 Å². The van der Waals surface area contributed by atoms with E-state index in [2.05, 4.69) is 0 Å². The first-order valence-corrected chi connectivity index (χ1v) is 7.01. The molecule has 0 aliphatic heterocycles. The van der Waals surface area contributed by atoms with Crippen molar-refractivity contribution in [3.05, 3.63) is 87.5 Å². The molecule has 0 saturated heterocycles. The summed E-state index contributed by atoms with van der Waals surface area (Å²) in [4.78, 5) is 46.4. The minimum atomic E-state index is -0.579. The predicted octanol–water partition coefficient (Wildman–Crippen LogP) is 3.18. The van der Waals surface area contributed by atoms with Crippen molar-refractivity contribution in [1.82, 2.24) is 0 Å². The number of carbonyl (C=O) groups is 3. The number of nitro groups is 1. The number of hydrogen-bond donors (Lipinski definition) is 0. The second kappa shape index (κ2) is 7.23. The Hall–Kier alpha value is -3.41. The summed E-state index contributed by atoms with van der Waals surface area (Å²) in [5.41, 5.74) is 0.0721. The van der Waals surface area contributed by atoms with E-state index < -0.39 is 22.3 Å². The zero-order valence-electron chi connectivity index (χ0n) is 12.8. The maximum atomic E-state index is 12.4. The smallest absolute Gasteiger partial charge is 0.269 e. The van der Waals surface area contributed by atoms with Gasteiger partial charge in [-0.25, -0.2) is 0 Å². The van der Waals surface area contributed by atoms with Gasteiger partial charge in [0, 0.05) is 29.3 Å². The molecule has 0 radical (unpaired) electrons. The average Bonchev–Trinajstić information content (AvgIpc) is 2.59. The molecule has 2 aromatic carbocycles. The lowest BCUT2D eigenvalue weighted by atomic mass is 9.98. The third kappa shape index (κ3) is 3.86. The van der Waals surface area contributed by atoms with Crippen LogP contribution in [0.25, 0.3) is 0 Å². The number of nitrogens with zero attached hydrogens (tertiary/aromatic N) is 1. The Kier molecular flexibility index (Phi) is 5.11. The fourth-order valence-electron chi connectivity index (χ4n) is 2.03. The number of allylic oxidation sites excluding steroid dienone is 2. The molecule has 24 heavy (non-hydrogen) atoms. The summed E-state index contributed by atoms with van der Waals surface area (Å²) in [5, 5.41) is 10.6. The first kappa shape index (κ1) is 17.0. The molecule has 2 aromatic rings. The summed E-state index contributed by atoms with van der Waals surface area (Å²) in [6.45, 7) is 1.20. The maximum Gasteiger partial charge on any atom is 0.269 e. The summed E-state index contributed by atoms with van der Waals surface area (Å²) >= 11 is 0. The Morgan fingerprint density at radius 1 is 0.917 bits per heavy atom. The van der Waals surface area contributed by atoms with Gasteiger partial charge in [-0.05, 0) is 19.1 Å². The normalized spacial score (nSPS) is 11.0. The van der Waals surface area contributed by atoms with Gasteiger partial charge < -0.3 is 0 Å².